The average Bonchev–Trinajstić information content (AvgIpc) is 2.66. The number of thiocarbonyl (C=S) groups is 1. The summed E-state index contributed by atoms with van der Waals surface area (Å²) in [5.41, 5.74) is 10.3. The smallest absolute Gasteiger partial charge is 0.258 e. The number of hydrogen-bond acceptors (Lipinski definition) is 6. The number of hydrogen-bond donors (Lipinski definition) is 2. The van der Waals surface area contributed by atoms with Crippen molar-refractivity contribution >= 4 is 34.1 Å². The van der Waals surface area contributed by atoms with Gasteiger partial charge < -0.3 is 4.74 Å². The molecule has 2 heterocycles. The first-order chi connectivity index (χ1) is 12.5. The summed E-state index contributed by atoms with van der Waals surface area (Å²) in [4.78, 5) is 21.2. The fourth-order valence-corrected chi connectivity index (χ4v) is 2.78. The third-order valence-electron chi connectivity index (χ3n) is 3.82. The molecule has 0 fully saturated rings. The minimum atomic E-state index is -0.450. The van der Waals surface area contributed by atoms with Gasteiger partial charge in [-0.25, -0.2) is 5.53 Å². The highest BCUT2D eigenvalue weighted by molar-refractivity contribution is 7.80. The van der Waals surface area contributed by atoms with Crippen LogP contribution in [0.15, 0.2) is 47.8 Å². The summed E-state index contributed by atoms with van der Waals surface area (Å²) in [6.45, 7) is 1.89. The van der Waals surface area contributed by atoms with Crippen LogP contribution in [0.5, 0.6) is 5.75 Å². The second kappa shape index (κ2) is 7.32. The number of carbonyl (C=O) groups is 1. The van der Waals surface area contributed by atoms with Gasteiger partial charge in [0.25, 0.3) is 5.91 Å². The maximum absolute atomic E-state index is 12.5. The lowest BCUT2D eigenvalue weighted by Gasteiger charge is -2.13. The number of amides is 1. The molecule has 26 heavy (non-hydrogen) atoms. The van der Waals surface area contributed by atoms with E-state index in [4.69, 9.17) is 22.5 Å². The van der Waals surface area contributed by atoms with E-state index in [0.717, 1.165) is 22.2 Å². The minimum absolute atomic E-state index is 0.199. The fourth-order valence-electron chi connectivity index (χ4n) is 2.69. The molecule has 0 atom stereocenters. The Morgan fingerprint density at radius 3 is 2.81 bits per heavy atom. The number of fused-ring (bicyclic) bond motifs is 1. The molecule has 0 aliphatic heterocycles. The van der Waals surface area contributed by atoms with Gasteiger partial charge in [0.15, 0.2) is 0 Å². The predicted octanol–water partition coefficient (Wildman–Crippen LogP) is 3.66. The van der Waals surface area contributed by atoms with E-state index in [1.54, 1.807) is 19.4 Å². The molecule has 3 rings (SSSR count). The molecule has 2 N–H and O–H groups in total. The quantitative estimate of drug-likeness (QED) is 0.545. The number of ether oxygens (including phenoxy) is 1. The van der Waals surface area contributed by atoms with Gasteiger partial charge in [-0.1, -0.05) is 0 Å². The molecular formula is C18H15N5O2S. The van der Waals surface area contributed by atoms with Gasteiger partial charge in [-0.2, -0.15) is 0 Å². The van der Waals surface area contributed by atoms with E-state index in [2.05, 4.69) is 20.4 Å². The molecule has 0 bridgehead atoms. The molecular weight excluding hydrogens is 350 g/mol. The van der Waals surface area contributed by atoms with Crippen LogP contribution in [0, 0.1) is 12.5 Å². The van der Waals surface area contributed by atoms with Crippen LogP contribution in [0.3, 0.4) is 0 Å². The minimum Gasteiger partial charge on any atom is -0.497 e. The van der Waals surface area contributed by atoms with Gasteiger partial charge in [0.2, 0.25) is 5.11 Å². The summed E-state index contributed by atoms with van der Waals surface area (Å²) in [5, 5.41) is 6.10. The lowest BCUT2D eigenvalue weighted by atomic mass is 9.97. The van der Waals surface area contributed by atoms with Crippen molar-refractivity contribution in [1.29, 1.82) is 5.53 Å². The molecule has 130 valence electrons. The van der Waals surface area contributed by atoms with Gasteiger partial charge in [0, 0.05) is 29.0 Å². The SMILES string of the molecule is COc1ccc2nc(C)cc(-c3cnccc3C(=O)NC(=S)N=N)c2c1. The van der Waals surface area contributed by atoms with E-state index in [0.29, 0.717) is 16.9 Å². The zero-order valence-corrected chi connectivity index (χ0v) is 14.9. The first-order valence-electron chi connectivity index (χ1n) is 7.66. The van der Waals surface area contributed by atoms with Gasteiger partial charge in [-0.3, -0.25) is 20.1 Å². The maximum atomic E-state index is 12.5. The van der Waals surface area contributed by atoms with E-state index in [9.17, 15) is 4.79 Å². The standard InChI is InChI=1S/C18H15N5O2S/c1-10-7-13(14-8-11(25-2)3-4-16(14)21-10)15-9-20-6-5-12(15)17(24)22-18(26)23-19/h3-9,19H,1-2H3,(H,22,24,26). The zero-order chi connectivity index (χ0) is 18.7. The predicted molar refractivity (Wildman–Crippen MR) is 101 cm³/mol. The van der Waals surface area contributed by atoms with Crippen LogP contribution >= 0.6 is 12.2 Å². The normalized spacial score (nSPS) is 10.4. The highest BCUT2D eigenvalue weighted by Crippen LogP contribution is 2.32. The number of aryl methyl sites for hydroxylation is 1. The largest absolute Gasteiger partial charge is 0.497 e. The zero-order valence-electron chi connectivity index (χ0n) is 14.1. The number of carbonyl (C=O) groups excluding carboxylic acids is 1. The summed E-state index contributed by atoms with van der Waals surface area (Å²) in [6.07, 6.45) is 3.14. The highest BCUT2D eigenvalue weighted by atomic mass is 32.1. The van der Waals surface area contributed by atoms with Crippen molar-refractivity contribution in [3.05, 3.63) is 54.0 Å². The van der Waals surface area contributed by atoms with Crippen LogP contribution in [-0.2, 0) is 0 Å². The van der Waals surface area contributed by atoms with Gasteiger partial charge in [-0.15, -0.1) is 5.11 Å². The summed E-state index contributed by atoms with van der Waals surface area (Å²) >= 11 is 4.79. The third kappa shape index (κ3) is 3.40. The van der Waals surface area contributed by atoms with Crippen molar-refractivity contribution in [1.82, 2.24) is 15.3 Å². The van der Waals surface area contributed by atoms with Crippen molar-refractivity contribution in [3.63, 3.8) is 0 Å². The second-order valence-electron chi connectivity index (χ2n) is 5.49. The molecule has 0 aliphatic rings. The Balaban J connectivity index is 2.22. The molecule has 0 spiro atoms. The summed E-state index contributed by atoms with van der Waals surface area (Å²) in [5.74, 6) is 0.238. The molecule has 3 aromatic rings. The first kappa shape index (κ1) is 17.6. The second-order valence-corrected chi connectivity index (χ2v) is 5.87. The van der Waals surface area contributed by atoms with Crippen LogP contribution < -0.4 is 10.1 Å². The average molecular weight is 365 g/mol. The number of nitrogens with zero attached hydrogens (tertiary/aromatic N) is 3. The van der Waals surface area contributed by atoms with Gasteiger partial charge >= 0.3 is 0 Å². The summed E-state index contributed by atoms with van der Waals surface area (Å²) in [6, 6.07) is 9.07. The molecule has 0 saturated heterocycles. The molecule has 0 radical (unpaired) electrons. The van der Waals surface area contributed by atoms with Crippen molar-refractivity contribution in [2.24, 2.45) is 5.11 Å². The number of benzene rings is 1. The molecule has 0 aliphatic carbocycles. The molecule has 8 heteroatoms. The summed E-state index contributed by atoms with van der Waals surface area (Å²) < 4.78 is 5.32. The molecule has 7 nitrogen and oxygen atoms in total. The van der Waals surface area contributed by atoms with Crippen LogP contribution in [-0.4, -0.2) is 28.1 Å². The van der Waals surface area contributed by atoms with Crippen molar-refractivity contribution < 1.29 is 9.53 Å². The lowest BCUT2D eigenvalue weighted by molar-refractivity contribution is 0.0978. The Bertz CT molecular complexity index is 1040. The van der Waals surface area contributed by atoms with Gasteiger partial charge in [0.1, 0.15) is 5.75 Å². The van der Waals surface area contributed by atoms with E-state index < -0.39 is 5.91 Å². The van der Waals surface area contributed by atoms with E-state index >= 15 is 0 Å². The fraction of sp³-hybridized carbons (Fsp3) is 0.111. The van der Waals surface area contributed by atoms with Crippen molar-refractivity contribution in [3.8, 4) is 16.9 Å². The molecule has 1 aromatic carbocycles. The van der Waals surface area contributed by atoms with Crippen LogP contribution in [0.4, 0.5) is 0 Å². The third-order valence-corrected chi connectivity index (χ3v) is 4.02. The monoisotopic (exact) mass is 365 g/mol. The van der Waals surface area contributed by atoms with Gasteiger partial charge in [0.05, 0.1) is 18.2 Å². The highest BCUT2D eigenvalue weighted by Gasteiger charge is 2.17. The molecule has 0 unspecified atom stereocenters. The van der Waals surface area contributed by atoms with E-state index in [-0.39, 0.29) is 5.11 Å². The Morgan fingerprint density at radius 1 is 1.27 bits per heavy atom. The summed E-state index contributed by atoms with van der Waals surface area (Å²) in [7, 11) is 1.59. The topological polar surface area (TPSA) is 100 Å². The van der Waals surface area contributed by atoms with E-state index in [1.807, 2.05) is 31.2 Å². The van der Waals surface area contributed by atoms with Crippen LogP contribution in [0.2, 0.25) is 0 Å². The first-order valence-corrected chi connectivity index (χ1v) is 8.07. The van der Waals surface area contributed by atoms with Crippen LogP contribution in [0.1, 0.15) is 16.1 Å². The van der Waals surface area contributed by atoms with Gasteiger partial charge in [-0.05, 0) is 55.0 Å². The van der Waals surface area contributed by atoms with Crippen LogP contribution in [0.25, 0.3) is 22.0 Å². The van der Waals surface area contributed by atoms with Crippen molar-refractivity contribution in [2.45, 2.75) is 6.92 Å². The number of nitrogens with one attached hydrogen (secondary N) is 2. The molecule has 1 amide bonds. The Kier molecular flexibility index (Phi) is 4.94. The molecule has 0 saturated carbocycles. The number of aromatic nitrogens is 2. The Morgan fingerprint density at radius 2 is 2.08 bits per heavy atom. The number of rotatable bonds is 3. The van der Waals surface area contributed by atoms with E-state index in [1.165, 1.54) is 6.20 Å². The molecule has 2 aromatic heterocycles. The number of pyridine rings is 2. The lowest BCUT2D eigenvalue weighted by Crippen LogP contribution is -2.27. The number of methoxy groups -OCH3 is 1. The Hall–Kier alpha value is -3.26. The van der Waals surface area contributed by atoms with Crippen molar-refractivity contribution in [2.75, 3.05) is 7.11 Å². The Labute approximate surface area is 154 Å². The maximum Gasteiger partial charge on any atom is 0.258 e.